The van der Waals surface area contributed by atoms with Gasteiger partial charge in [0.05, 0.1) is 6.61 Å². The number of likely N-dealkylation sites (tertiary alicyclic amines) is 1. The van der Waals surface area contributed by atoms with Crippen molar-refractivity contribution in [2.24, 2.45) is 0 Å². The minimum atomic E-state index is -4.27. The Hall–Kier alpha value is -6.65. The van der Waals surface area contributed by atoms with Crippen molar-refractivity contribution in [3.8, 4) is 44.9 Å². The highest BCUT2D eigenvalue weighted by atomic mass is 32.1. The van der Waals surface area contributed by atoms with Crippen LogP contribution >= 0.6 is 27.0 Å². The van der Waals surface area contributed by atoms with Gasteiger partial charge in [-0.15, -0.1) is 11.3 Å². The summed E-state index contributed by atoms with van der Waals surface area (Å²) in [5.41, 5.74) is 2.39. The smallest absolute Gasteiger partial charge is 0.492 e. The third kappa shape index (κ3) is 12.0. The molecule has 1 saturated heterocycles. The lowest BCUT2D eigenvalue weighted by atomic mass is 9.97. The van der Waals surface area contributed by atoms with Crippen LogP contribution in [0.3, 0.4) is 0 Å². The molecule has 0 amide bonds. The van der Waals surface area contributed by atoms with E-state index in [1.165, 1.54) is 30.6 Å². The monoisotopic (exact) mass is 951 g/mol. The van der Waals surface area contributed by atoms with E-state index < -0.39 is 15.6 Å². The number of carbonyl (C=O) groups excluding carboxylic acids is 1. The van der Waals surface area contributed by atoms with Crippen LogP contribution < -0.4 is 27.4 Å². The van der Waals surface area contributed by atoms with Crippen molar-refractivity contribution >= 4 is 42.9 Å². The van der Waals surface area contributed by atoms with E-state index >= 15 is 0 Å². The lowest BCUT2D eigenvalue weighted by Gasteiger charge is -2.26. The summed E-state index contributed by atoms with van der Waals surface area (Å²) >= 11 is 1.36. The fourth-order valence-corrected chi connectivity index (χ4v) is 11.2. The summed E-state index contributed by atoms with van der Waals surface area (Å²) in [4.78, 5) is 17.8. The Morgan fingerprint density at radius 2 is 1.01 bits per heavy atom. The number of piperidine rings is 1. The first-order valence-electron chi connectivity index (χ1n) is 22.0. The SMILES string of the molecule is O=C(c1ccc(OCCN2CCCCC2)cc1)c1c(-c2ccc(OP(=O)(Oc3ccccc3)Oc3ccccc3)cc2)sc2cc(OP(=O)(OCc3ccccc3)Oc3ccccc3)ccc12. The molecule has 1 aromatic heterocycles. The average molecular weight is 952 g/mol. The lowest BCUT2D eigenvalue weighted by molar-refractivity contribution is 0.104. The number of ketones is 1. The Kier molecular flexibility index (Phi) is 14.5. The predicted molar refractivity (Wildman–Crippen MR) is 262 cm³/mol. The Balaban J connectivity index is 1.02. The number of fused-ring (bicyclic) bond motifs is 1. The van der Waals surface area contributed by atoms with Gasteiger partial charge in [-0.2, -0.15) is 4.57 Å². The number of phosphoric acid groups is 2. The molecule has 0 bridgehead atoms. The first-order chi connectivity index (χ1) is 32.8. The molecule has 2 heterocycles. The van der Waals surface area contributed by atoms with Crippen molar-refractivity contribution in [1.82, 2.24) is 4.90 Å². The molecule has 1 aliphatic heterocycles. The molecule has 11 nitrogen and oxygen atoms in total. The second kappa shape index (κ2) is 21.3. The molecule has 14 heteroatoms. The largest absolute Gasteiger partial charge is 0.647 e. The highest BCUT2D eigenvalue weighted by molar-refractivity contribution is 7.50. The molecule has 67 heavy (non-hydrogen) atoms. The van der Waals surface area contributed by atoms with Crippen LogP contribution in [0.15, 0.2) is 188 Å². The summed E-state index contributed by atoms with van der Waals surface area (Å²) in [7, 11) is -8.53. The summed E-state index contributed by atoms with van der Waals surface area (Å²) < 4.78 is 71.0. The predicted octanol–water partition coefficient (Wildman–Crippen LogP) is 14.1. The topological polar surface area (TPSA) is 119 Å². The molecule has 1 unspecified atom stereocenters. The molecule has 0 radical (unpaired) electrons. The number of thiophene rings is 1. The van der Waals surface area contributed by atoms with E-state index in [1.807, 2.05) is 60.7 Å². The van der Waals surface area contributed by atoms with Gasteiger partial charge < -0.3 is 27.4 Å². The highest BCUT2D eigenvalue weighted by Gasteiger charge is 2.34. The van der Waals surface area contributed by atoms with Crippen molar-refractivity contribution in [2.45, 2.75) is 25.9 Å². The van der Waals surface area contributed by atoms with E-state index in [9.17, 15) is 13.9 Å². The van der Waals surface area contributed by atoms with Crippen LogP contribution in [0, 0.1) is 0 Å². The van der Waals surface area contributed by atoms with Crippen LogP contribution in [0.25, 0.3) is 20.5 Å². The summed E-state index contributed by atoms with van der Waals surface area (Å²) in [6.45, 7) is 3.57. The van der Waals surface area contributed by atoms with E-state index in [2.05, 4.69) is 4.90 Å². The van der Waals surface area contributed by atoms with E-state index in [0.29, 0.717) is 61.3 Å². The summed E-state index contributed by atoms with van der Waals surface area (Å²) in [5.74, 6) is 1.82. The van der Waals surface area contributed by atoms with Gasteiger partial charge in [-0.25, -0.2) is 4.57 Å². The molecule has 1 fully saturated rings. The maximum atomic E-state index is 14.7. The van der Waals surface area contributed by atoms with Gasteiger partial charge in [0, 0.05) is 32.6 Å². The number of phosphoric ester groups is 2. The highest BCUT2D eigenvalue weighted by Crippen LogP contribution is 2.53. The van der Waals surface area contributed by atoms with Gasteiger partial charge in [-0.1, -0.05) is 91.3 Å². The number of hydrogen-bond donors (Lipinski definition) is 0. The van der Waals surface area contributed by atoms with Crippen molar-refractivity contribution in [2.75, 3.05) is 26.2 Å². The fraction of sp³-hybridized carbons (Fsp3) is 0.151. The maximum Gasteiger partial charge on any atom is 0.647 e. The lowest BCUT2D eigenvalue weighted by Crippen LogP contribution is -2.33. The Bertz CT molecular complexity index is 2920. The van der Waals surface area contributed by atoms with Crippen LogP contribution in [0.4, 0.5) is 0 Å². The first kappa shape index (κ1) is 45.5. The van der Waals surface area contributed by atoms with Crippen LogP contribution in [-0.4, -0.2) is 36.9 Å². The molecular formula is C53H47NO10P2S. The minimum Gasteiger partial charge on any atom is -0.492 e. The average Bonchev–Trinajstić information content (AvgIpc) is 3.74. The summed E-state index contributed by atoms with van der Waals surface area (Å²) in [5, 5.41) is 0.653. The number of rotatable bonds is 20. The Morgan fingerprint density at radius 1 is 0.522 bits per heavy atom. The van der Waals surface area contributed by atoms with Crippen molar-refractivity contribution in [1.29, 1.82) is 0 Å². The van der Waals surface area contributed by atoms with E-state index in [1.54, 1.807) is 127 Å². The molecule has 0 aliphatic carbocycles. The third-order valence-electron chi connectivity index (χ3n) is 10.8. The van der Waals surface area contributed by atoms with Gasteiger partial charge >= 0.3 is 15.6 Å². The van der Waals surface area contributed by atoms with Gasteiger partial charge in [-0.05, 0) is 140 Å². The molecule has 7 aromatic carbocycles. The molecule has 0 saturated carbocycles. The number of para-hydroxylation sites is 3. The maximum absolute atomic E-state index is 14.7. The van der Waals surface area contributed by atoms with Crippen molar-refractivity contribution < 1.29 is 45.8 Å². The normalized spacial score (nSPS) is 13.9. The quantitative estimate of drug-likeness (QED) is 0.0536. The molecule has 1 aliphatic rings. The standard InChI is InChI=1S/C53H47NO10P2S/c55-52(41-24-28-43(29-25-41)58-37-36-54-34-14-5-15-35-54)51-49-33-32-48(64-65(56,60-44-18-8-2-9-19-44)59-39-40-16-6-1-7-17-40)38-50(49)67-53(51)42-26-30-47(31-27-42)63-66(57,61-45-20-10-3-11-21-45)62-46-22-12-4-13-23-46/h1-4,6-13,16-33,38H,5,14-15,34-37,39H2. The van der Waals surface area contributed by atoms with Gasteiger partial charge in [0.1, 0.15) is 41.1 Å². The van der Waals surface area contributed by atoms with Gasteiger partial charge in [-0.3, -0.25) is 14.2 Å². The second-order valence-corrected chi connectivity index (χ2v) is 19.7. The molecule has 8 aromatic rings. The van der Waals surface area contributed by atoms with Crippen LogP contribution in [-0.2, 0) is 20.3 Å². The summed E-state index contributed by atoms with van der Waals surface area (Å²) in [6.07, 6.45) is 3.70. The molecule has 1 atom stereocenters. The molecular weight excluding hydrogens is 905 g/mol. The fourth-order valence-electron chi connectivity index (χ4n) is 7.50. The van der Waals surface area contributed by atoms with E-state index in [0.717, 1.165) is 25.2 Å². The first-order valence-corrected chi connectivity index (χ1v) is 25.7. The minimum absolute atomic E-state index is 0.0246. The molecule has 340 valence electrons. The van der Waals surface area contributed by atoms with Crippen molar-refractivity contribution in [3.05, 3.63) is 205 Å². The molecule has 0 N–H and O–H groups in total. The molecule has 0 spiro atoms. The van der Waals surface area contributed by atoms with Gasteiger partial charge in [0.25, 0.3) is 0 Å². The van der Waals surface area contributed by atoms with Crippen LogP contribution in [0.5, 0.6) is 34.5 Å². The van der Waals surface area contributed by atoms with Gasteiger partial charge in [0.15, 0.2) is 5.78 Å². The van der Waals surface area contributed by atoms with Gasteiger partial charge in [0.2, 0.25) is 0 Å². The Morgan fingerprint density at radius 3 is 1.60 bits per heavy atom. The second-order valence-electron chi connectivity index (χ2n) is 15.6. The number of hydrogen-bond acceptors (Lipinski definition) is 12. The third-order valence-corrected chi connectivity index (χ3v) is 14.6. The van der Waals surface area contributed by atoms with Crippen molar-refractivity contribution in [3.63, 3.8) is 0 Å². The van der Waals surface area contributed by atoms with E-state index in [4.69, 9.17) is 31.9 Å². The zero-order valence-electron chi connectivity index (χ0n) is 36.4. The Labute approximate surface area is 393 Å². The zero-order valence-corrected chi connectivity index (χ0v) is 39.0. The zero-order chi connectivity index (χ0) is 45.9. The van der Waals surface area contributed by atoms with Crippen LogP contribution in [0.1, 0.15) is 40.7 Å². The number of benzene rings is 7. The van der Waals surface area contributed by atoms with Crippen LogP contribution in [0.2, 0.25) is 0 Å². The number of carbonyl (C=O) groups is 1. The number of ether oxygens (including phenoxy) is 1. The number of nitrogens with zero attached hydrogens (tertiary/aromatic N) is 1. The van der Waals surface area contributed by atoms with E-state index in [-0.39, 0.29) is 23.9 Å². The molecule has 9 rings (SSSR count). The summed E-state index contributed by atoms with van der Waals surface area (Å²) in [6, 6.07) is 54.5.